The summed E-state index contributed by atoms with van der Waals surface area (Å²) >= 11 is 14.1. The van der Waals surface area contributed by atoms with Crippen LogP contribution in [0.3, 0.4) is 0 Å². The predicted octanol–water partition coefficient (Wildman–Crippen LogP) is 7.42. The number of allylic oxidation sites excluding steroid dienone is 3. The summed E-state index contributed by atoms with van der Waals surface area (Å²) in [6, 6.07) is 12.3. The minimum atomic E-state index is -1.16. The third kappa shape index (κ3) is 3.71. The molecule has 6 rings (SSSR count). The quantitative estimate of drug-likeness (QED) is 0.256. The number of nitrogens with zero attached hydrogens (tertiary/aromatic N) is 3. The molecule has 6 nitrogen and oxygen atoms in total. The number of hydrogen-bond donors (Lipinski definition) is 1. The van der Waals surface area contributed by atoms with Crippen LogP contribution >= 0.6 is 34.5 Å². The van der Waals surface area contributed by atoms with Crippen molar-refractivity contribution in [1.29, 1.82) is 0 Å². The van der Waals surface area contributed by atoms with E-state index >= 15 is 0 Å². The van der Waals surface area contributed by atoms with Crippen LogP contribution < -0.4 is 4.90 Å². The van der Waals surface area contributed by atoms with Crippen LogP contribution in [0.4, 0.5) is 5.82 Å². The van der Waals surface area contributed by atoms with E-state index in [-0.39, 0.29) is 17.6 Å². The Morgan fingerprint density at radius 1 is 1.15 bits per heavy atom. The van der Waals surface area contributed by atoms with Gasteiger partial charge >= 0.3 is 0 Å². The van der Waals surface area contributed by atoms with Gasteiger partial charge in [0.2, 0.25) is 11.8 Å². The largest absolute Gasteiger partial charge is 0.508 e. The molecule has 0 spiro atoms. The number of imide groups is 1. The number of rotatable bonds is 4. The molecule has 2 aromatic heterocycles. The van der Waals surface area contributed by atoms with E-state index in [0.29, 0.717) is 33.5 Å². The molecule has 2 aliphatic rings. The number of amides is 2. The lowest BCUT2D eigenvalue weighted by Gasteiger charge is -2.40. The molecule has 1 saturated heterocycles. The van der Waals surface area contributed by atoms with Crippen LogP contribution in [-0.4, -0.2) is 26.7 Å². The zero-order valence-corrected chi connectivity index (χ0v) is 23.9. The third-order valence-corrected chi connectivity index (χ3v) is 9.95. The molecule has 9 heteroatoms. The van der Waals surface area contributed by atoms with Gasteiger partial charge in [0.1, 0.15) is 17.3 Å². The van der Waals surface area contributed by atoms with Crippen LogP contribution in [0.2, 0.25) is 10.0 Å². The topological polar surface area (TPSA) is 75.4 Å². The maximum atomic E-state index is 14.3. The van der Waals surface area contributed by atoms with Gasteiger partial charge in [-0.3, -0.25) is 14.3 Å². The molecule has 1 aliphatic heterocycles. The first kappa shape index (κ1) is 25.9. The molecule has 0 bridgehead atoms. The van der Waals surface area contributed by atoms with Crippen molar-refractivity contribution in [2.75, 3.05) is 4.90 Å². The van der Waals surface area contributed by atoms with E-state index < -0.39 is 17.3 Å². The molecule has 2 aromatic carbocycles. The molecule has 2 amide bonds. The SMILES string of the molecule is C=CC1=CCC2C(=O)N(c3cc(-c4sc5ccc(Cl)cc5c4C)nn3C)C(=O)C2(C)C1c1cc(Cl)ccc1O. The van der Waals surface area contributed by atoms with Gasteiger partial charge in [0.05, 0.1) is 16.2 Å². The second-order valence-electron chi connectivity index (χ2n) is 10.3. The van der Waals surface area contributed by atoms with Gasteiger partial charge < -0.3 is 5.11 Å². The smallest absolute Gasteiger partial charge is 0.242 e. The Hall–Kier alpha value is -3.39. The van der Waals surface area contributed by atoms with Gasteiger partial charge in [-0.2, -0.15) is 5.10 Å². The predicted molar refractivity (Wildman–Crippen MR) is 157 cm³/mol. The van der Waals surface area contributed by atoms with E-state index in [0.717, 1.165) is 26.1 Å². The number of thiophene rings is 1. The molecule has 198 valence electrons. The number of aryl methyl sites for hydroxylation is 2. The van der Waals surface area contributed by atoms with Gasteiger partial charge in [-0.05, 0) is 73.2 Å². The number of halogens is 2. The second-order valence-corrected chi connectivity index (χ2v) is 12.2. The van der Waals surface area contributed by atoms with Gasteiger partial charge in [-0.1, -0.05) is 41.9 Å². The third-order valence-electron chi connectivity index (χ3n) is 8.18. The van der Waals surface area contributed by atoms with Crippen LogP contribution in [0.25, 0.3) is 20.7 Å². The summed E-state index contributed by atoms with van der Waals surface area (Å²) in [7, 11) is 1.73. The minimum absolute atomic E-state index is 0.0147. The summed E-state index contributed by atoms with van der Waals surface area (Å²) in [5, 5.41) is 17.6. The second kappa shape index (κ2) is 9.08. The maximum Gasteiger partial charge on any atom is 0.242 e. The normalized spacial score (nSPS) is 22.9. The number of carbonyl (C=O) groups is 2. The van der Waals surface area contributed by atoms with Crippen molar-refractivity contribution < 1.29 is 14.7 Å². The number of fused-ring (bicyclic) bond motifs is 2. The number of aromatic nitrogens is 2. The molecule has 0 saturated carbocycles. The number of carbonyl (C=O) groups excluding carboxylic acids is 2. The fourth-order valence-electron chi connectivity index (χ4n) is 6.18. The fraction of sp³-hybridized carbons (Fsp3) is 0.233. The van der Waals surface area contributed by atoms with Crippen LogP contribution in [0.5, 0.6) is 5.75 Å². The standard InChI is InChI=1S/C30H25Cl2N3O3S/c1-5-16-6-9-21-28(37)35(29(38)30(21,3)26(16)20-13-17(31)7-10-23(20)36)25-14-22(33-34(25)4)27-15(2)19-12-18(32)8-11-24(19)39-27/h5-8,10-14,21,26,36H,1,9H2,2-4H3. The van der Waals surface area contributed by atoms with Gasteiger partial charge in [-0.25, -0.2) is 4.90 Å². The summed E-state index contributed by atoms with van der Waals surface area (Å²) in [5.74, 6) is -1.44. The number of benzene rings is 2. The summed E-state index contributed by atoms with van der Waals surface area (Å²) in [6.45, 7) is 7.77. The number of anilines is 1. The first-order valence-corrected chi connectivity index (χ1v) is 14.1. The molecule has 1 N–H and O–H groups in total. The summed E-state index contributed by atoms with van der Waals surface area (Å²) in [4.78, 5) is 30.5. The summed E-state index contributed by atoms with van der Waals surface area (Å²) in [5.41, 5.74) is 1.83. The van der Waals surface area contributed by atoms with Crippen molar-refractivity contribution in [2.45, 2.75) is 26.2 Å². The number of hydrogen-bond acceptors (Lipinski definition) is 5. The van der Waals surface area contributed by atoms with Crippen molar-refractivity contribution >= 4 is 62.3 Å². The van der Waals surface area contributed by atoms with Gasteiger partial charge in [-0.15, -0.1) is 11.3 Å². The van der Waals surface area contributed by atoms with Crippen molar-refractivity contribution in [1.82, 2.24) is 9.78 Å². The number of phenols is 1. The van der Waals surface area contributed by atoms with Crippen LogP contribution in [-0.2, 0) is 16.6 Å². The zero-order valence-electron chi connectivity index (χ0n) is 21.5. The highest BCUT2D eigenvalue weighted by atomic mass is 35.5. The molecule has 1 aliphatic carbocycles. The zero-order chi connectivity index (χ0) is 27.8. The van der Waals surface area contributed by atoms with Gasteiger partial charge in [0, 0.05) is 39.3 Å². The van der Waals surface area contributed by atoms with Crippen molar-refractivity contribution in [3.63, 3.8) is 0 Å². The molecule has 3 unspecified atom stereocenters. The Kier molecular flexibility index (Phi) is 6.02. The lowest BCUT2D eigenvalue weighted by atomic mass is 9.60. The van der Waals surface area contributed by atoms with E-state index in [4.69, 9.17) is 28.3 Å². The van der Waals surface area contributed by atoms with Crippen LogP contribution in [0.15, 0.2) is 66.8 Å². The van der Waals surface area contributed by atoms with Crippen molar-refractivity contribution in [3.8, 4) is 16.3 Å². The minimum Gasteiger partial charge on any atom is -0.508 e. The first-order valence-electron chi connectivity index (χ1n) is 12.5. The van der Waals surface area contributed by atoms with Crippen LogP contribution in [0.1, 0.15) is 30.4 Å². The Morgan fingerprint density at radius 2 is 1.87 bits per heavy atom. The highest BCUT2D eigenvalue weighted by Gasteiger charge is 2.63. The fourth-order valence-corrected chi connectivity index (χ4v) is 7.68. The lowest BCUT2D eigenvalue weighted by molar-refractivity contribution is -0.127. The Morgan fingerprint density at radius 3 is 2.62 bits per heavy atom. The van der Waals surface area contributed by atoms with E-state index in [1.165, 1.54) is 11.0 Å². The molecular formula is C30H25Cl2N3O3S. The maximum absolute atomic E-state index is 14.3. The Labute approximate surface area is 239 Å². The molecule has 3 atom stereocenters. The summed E-state index contributed by atoms with van der Waals surface area (Å²) in [6.07, 6.45) is 4.00. The lowest BCUT2D eigenvalue weighted by Crippen LogP contribution is -2.42. The Balaban J connectivity index is 1.46. The molecule has 39 heavy (non-hydrogen) atoms. The average Bonchev–Trinajstić information content (AvgIpc) is 3.50. The van der Waals surface area contributed by atoms with Crippen molar-refractivity contribution in [3.05, 3.63) is 87.9 Å². The van der Waals surface area contributed by atoms with Crippen LogP contribution in [0, 0.1) is 18.3 Å². The summed E-state index contributed by atoms with van der Waals surface area (Å²) < 4.78 is 2.66. The molecule has 0 radical (unpaired) electrons. The van der Waals surface area contributed by atoms with Crippen molar-refractivity contribution in [2.24, 2.45) is 18.4 Å². The van der Waals surface area contributed by atoms with Gasteiger partial charge in [0.15, 0.2) is 0 Å². The highest BCUT2D eigenvalue weighted by Crippen LogP contribution is 2.58. The number of phenolic OH excluding ortho intramolecular Hbond substituents is 1. The highest BCUT2D eigenvalue weighted by molar-refractivity contribution is 7.22. The van der Waals surface area contributed by atoms with Gasteiger partial charge in [0.25, 0.3) is 0 Å². The van der Waals surface area contributed by atoms with E-state index in [1.807, 2.05) is 31.2 Å². The first-order chi connectivity index (χ1) is 18.6. The average molecular weight is 579 g/mol. The molecule has 4 aromatic rings. The van der Waals surface area contributed by atoms with E-state index in [9.17, 15) is 14.7 Å². The molecular weight excluding hydrogens is 553 g/mol. The monoisotopic (exact) mass is 577 g/mol. The molecule has 1 fully saturated rings. The van der Waals surface area contributed by atoms with E-state index in [1.54, 1.807) is 54.3 Å². The van der Waals surface area contributed by atoms with E-state index in [2.05, 4.69) is 6.58 Å². The Bertz CT molecular complexity index is 1750. The number of aromatic hydroxyl groups is 1. The molecule has 3 heterocycles.